The molecule has 1 amide bonds. The SMILES string of the molecule is Cc1ccc2c(c1)[C@@H](c1ccccc1)C[C@@H](C)N2C(=O)c1ccc([N+](=O)[O-])cc1. The molecule has 0 aromatic heterocycles. The van der Waals surface area contributed by atoms with E-state index in [1.807, 2.05) is 35.2 Å². The Morgan fingerprint density at radius 3 is 2.38 bits per heavy atom. The Morgan fingerprint density at radius 1 is 1.03 bits per heavy atom. The molecule has 0 spiro atoms. The van der Waals surface area contributed by atoms with Gasteiger partial charge in [0.25, 0.3) is 11.6 Å². The zero-order chi connectivity index (χ0) is 20.5. The van der Waals surface area contributed by atoms with E-state index in [1.54, 1.807) is 0 Å². The van der Waals surface area contributed by atoms with Gasteiger partial charge in [-0.3, -0.25) is 14.9 Å². The van der Waals surface area contributed by atoms with Crippen molar-refractivity contribution in [3.8, 4) is 0 Å². The van der Waals surface area contributed by atoms with Crippen molar-refractivity contribution < 1.29 is 9.72 Å². The van der Waals surface area contributed by atoms with E-state index in [9.17, 15) is 14.9 Å². The fraction of sp³-hybridized carbons (Fsp3) is 0.208. The Balaban J connectivity index is 1.76. The van der Waals surface area contributed by atoms with Gasteiger partial charge in [0.2, 0.25) is 0 Å². The first-order chi connectivity index (χ1) is 14.0. The highest BCUT2D eigenvalue weighted by molar-refractivity contribution is 6.07. The summed E-state index contributed by atoms with van der Waals surface area (Å²) in [5.41, 5.74) is 4.88. The second-order valence-electron chi connectivity index (χ2n) is 7.59. The molecule has 0 N–H and O–H groups in total. The van der Waals surface area contributed by atoms with E-state index in [0.29, 0.717) is 5.56 Å². The van der Waals surface area contributed by atoms with E-state index in [2.05, 4.69) is 32.0 Å². The van der Waals surface area contributed by atoms with Crippen LogP contribution in [0.2, 0.25) is 0 Å². The number of non-ortho nitro benzene ring substituents is 1. The monoisotopic (exact) mass is 386 g/mol. The summed E-state index contributed by atoms with van der Waals surface area (Å²) in [6.45, 7) is 4.12. The van der Waals surface area contributed by atoms with Crippen LogP contribution in [-0.2, 0) is 0 Å². The van der Waals surface area contributed by atoms with Crippen LogP contribution in [0.5, 0.6) is 0 Å². The van der Waals surface area contributed by atoms with Crippen molar-refractivity contribution in [2.45, 2.75) is 32.2 Å². The van der Waals surface area contributed by atoms with Crippen molar-refractivity contribution >= 4 is 17.3 Å². The third-order valence-corrected chi connectivity index (χ3v) is 5.58. The molecular weight excluding hydrogens is 364 g/mol. The minimum absolute atomic E-state index is 0.00176. The van der Waals surface area contributed by atoms with Gasteiger partial charge in [0.15, 0.2) is 0 Å². The van der Waals surface area contributed by atoms with Gasteiger partial charge in [0, 0.05) is 35.3 Å². The number of nitro groups is 1. The maximum atomic E-state index is 13.3. The van der Waals surface area contributed by atoms with Crippen molar-refractivity contribution in [2.75, 3.05) is 4.90 Å². The number of hydrogen-bond acceptors (Lipinski definition) is 3. The summed E-state index contributed by atoms with van der Waals surface area (Å²) >= 11 is 0. The first kappa shape index (κ1) is 18.9. The standard InChI is InChI=1S/C24H22N2O3/c1-16-8-13-23-22(14-16)21(18-6-4-3-5-7-18)15-17(2)25(23)24(27)19-9-11-20(12-10-19)26(28)29/h3-14,17,21H,15H2,1-2H3/t17-,21-/m1/s1. The summed E-state index contributed by atoms with van der Waals surface area (Å²) < 4.78 is 0. The summed E-state index contributed by atoms with van der Waals surface area (Å²) in [7, 11) is 0. The predicted octanol–water partition coefficient (Wildman–Crippen LogP) is 5.47. The molecule has 5 heteroatoms. The number of carbonyl (C=O) groups excluding carboxylic acids is 1. The topological polar surface area (TPSA) is 63.5 Å². The number of aryl methyl sites for hydroxylation is 1. The van der Waals surface area contributed by atoms with Crippen LogP contribution in [-0.4, -0.2) is 16.9 Å². The molecule has 2 atom stereocenters. The molecule has 146 valence electrons. The van der Waals surface area contributed by atoms with E-state index < -0.39 is 4.92 Å². The van der Waals surface area contributed by atoms with Gasteiger partial charge in [0.05, 0.1) is 4.92 Å². The molecule has 29 heavy (non-hydrogen) atoms. The highest BCUT2D eigenvalue weighted by Gasteiger charge is 2.35. The lowest BCUT2D eigenvalue weighted by Gasteiger charge is -2.40. The number of rotatable bonds is 3. The summed E-state index contributed by atoms with van der Waals surface area (Å²) in [4.78, 5) is 25.6. The van der Waals surface area contributed by atoms with Crippen LogP contribution in [0.3, 0.4) is 0 Å². The number of hydrogen-bond donors (Lipinski definition) is 0. The Morgan fingerprint density at radius 2 is 1.72 bits per heavy atom. The van der Waals surface area contributed by atoms with E-state index in [1.165, 1.54) is 29.8 Å². The molecular formula is C24H22N2O3. The third-order valence-electron chi connectivity index (χ3n) is 5.58. The van der Waals surface area contributed by atoms with Gasteiger partial charge in [-0.25, -0.2) is 0 Å². The highest BCUT2D eigenvalue weighted by Crippen LogP contribution is 2.43. The smallest absolute Gasteiger partial charge is 0.269 e. The summed E-state index contributed by atoms with van der Waals surface area (Å²) in [5, 5.41) is 10.9. The number of nitrogens with zero attached hydrogens (tertiary/aromatic N) is 2. The number of fused-ring (bicyclic) bond motifs is 1. The van der Waals surface area contributed by atoms with Gasteiger partial charge in [-0.2, -0.15) is 0 Å². The van der Waals surface area contributed by atoms with E-state index >= 15 is 0 Å². The molecule has 4 rings (SSSR count). The molecule has 0 saturated heterocycles. The molecule has 1 aliphatic heterocycles. The Hall–Kier alpha value is -3.47. The van der Waals surface area contributed by atoms with Crippen molar-refractivity contribution in [3.63, 3.8) is 0 Å². The maximum absolute atomic E-state index is 13.3. The number of nitro benzene ring substituents is 1. The van der Waals surface area contributed by atoms with Crippen LogP contribution < -0.4 is 4.90 Å². The average molecular weight is 386 g/mol. The Kier molecular flexibility index (Phi) is 4.89. The molecule has 1 heterocycles. The van der Waals surface area contributed by atoms with Crippen LogP contribution in [0.4, 0.5) is 11.4 Å². The molecule has 0 aliphatic carbocycles. The van der Waals surface area contributed by atoms with Crippen LogP contribution >= 0.6 is 0 Å². The van der Waals surface area contributed by atoms with Crippen molar-refractivity contribution in [1.29, 1.82) is 0 Å². The minimum Gasteiger partial charge on any atom is -0.305 e. The maximum Gasteiger partial charge on any atom is 0.269 e. The van der Waals surface area contributed by atoms with Crippen molar-refractivity contribution in [1.82, 2.24) is 0 Å². The minimum atomic E-state index is -0.458. The average Bonchev–Trinajstić information content (AvgIpc) is 2.73. The Labute approximate surface area is 169 Å². The lowest BCUT2D eigenvalue weighted by molar-refractivity contribution is -0.384. The summed E-state index contributed by atoms with van der Waals surface area (Å²) in [6.07, 6.45) is 0.819. The lowest BCUT2D eigenvalue weighted by atomic mass is 9.80. The van der Waals surface area contributed by atoms with E-state index in [0.717, 1.165) is 23.2 Å². The number of anilines is 1. The lowest BCUT2D eigenvalue weighted by Crippen LogP contribution is -2.43. The zero-order valence-corrected chi connectivity index (χ0v) is 16.4. The predicted molar refractivity (Wildman–Crippen MR) is 113 cm³/mol. The molecule has 0 unspecified atom stereocenters. The second-order valence-corrected chi connectivity index (χ2v) is 7.59. The van der Waals surface area contributed by atoms with Crippen LogP contribution in [0.1, 0.15) is 46.3 Å². The second kappa shape index (κ2) is 7.51. The van der Waals surface area contributed by atoms with Crippen LogP contribution in [0, 0.1) is 17.0 Å². The first-order valence-corrected chi connectivity index (χ1v) is 9.69. The van der Waals surface area contributed by atoms with Gasteiger partial charge < -0.3 is 4.90 Å². The normalized spacial score (nSPS) is 18.2. The summed E-state index contributed by atoms with van der Waals surface area (Å²) in [5.74, 6) is 0.0889. The summed E-state index contributed by atoms with van der Waals surface area (Å²) in [6, 6.07) is 22.4. The molecule has 3 aromatic carbocycles. The van der Waals surface area contributed by atoms with Crippen molar-refractivity contribution in [2.24, 2.45) is 0 Å². The molecule has 0 bridgehead atoms. The quantitative estimate of drug-likeness (QED) is 0.443. The van der Waals surface area contributed by atoms with Gasteiger partial charge in [0.1, 0.15) is 0 Å². The van der Waals surface area contributed by atoms with Crippen molar-refractivity contribution in [3.05, 3.63) is 105 Å². The number of benzene rings is 3. The fourth-order valence-electron chi connectivity index (χ4n) is 4.16. The van der Waals surface area contributed by atoms with Crippen LogP contribution in [0.15, 0.2) is 72.8 Å². The fourth-order valence-corrected chi connectivity index (χ4v) is 4.16. The van der Waals surface area contributed by atoms with Gasteiger partial charge in [-0.1, -0.05) is 48.0 Å². The molecule has 3 aromatic rings. The van der Waals surface area contributed by atoms with Gasteiger partial charge >= 0.3 is 0 Å². The number of amides is 1. The molecule has 1 aliphatic rings. The number of carbonyl (C=O) groups is 1. The molecule has 0 saturated carbocycles. The molecule has 0 fully saturated rings. The van der Waals surface area contributed by atoms with Gasteiger partial charge in [-0.05, 0) is 49.6 Å². The largest absolute Gasteiger partial charge is 0.305 e. The molecule has 0 radical (unpaired) electrons. The first-order valence-electron chi connectivity index (χ1n) is 9.69. The highest BCUT2D eigenvalue weighted by atomic mass is 16.6. The Bertz CT molecular complexity index is 1060. The molecule has 5 nitrogen and oxygen atoms in total. The van der Waals surface area contributed by atoms with Crippen LogP contribution in [0.25, 0.3) is 0 Å². The third kappa shape index (κ3) is 3.51. The van der Waals surface area contributed by atoms with E-state index in [-0.39, 0.29) is 23.6 Å². The van der Waals surface area contributed by atoms with E-state index in [4.69, 9.17) is 0 Å². The van der Waals surface area contributed by atoms with Gasteiger partial charge in [-0.15, -0.1) is 0 Å². The zero-order valence-electron chi connectivity index (χ0n) is 16.4.